The van der Waals surface area contributed by atoms with Crippen LogP contribution in [0.1, 0.15) is 11.1 Å². The van der Waals surface area contributed by atoms with Crippen LogP contribution in [0.25, 0.3) is 21.8 Å². The first kappa shape index (κ1) is 13.8. The van der Waals surface area contributed by atoms with E-state index in [9.17, 15) is 0 Å². The second-order valence-corrected chi connectivity index (χ2v) is 5.93. The van der Waals surface area contributed by atoms with Gasteiger partial charge in [0.15, 0.2) is 0 Å². The topological polar surface area (TPSA) is 22.1 Å². The van der Waals surface area contributed by atoms with E-state index in [0.29, 0.717) is 0 Å². The van der Waals surface area contributed by atoms with E-state index < -0.39 is 0 Å². The number of hydrogen-bond acceptors (Lipinski definition) is 3. The van der Waals surface area contributed by atoms with Crippen LogP contribution in [0.3, 0.4) is 0 Å². The second kappa shape index (κ2) is 5.70. The minimum absolute atomic E-state index is 0.855. The summed E-state index contributed by atoms with van der Waals surface area (Å²) in [4.78, 5) is 4.76. The van der Waals surface area contributed by atoms with Crippen LogP contribution in [-0.4, -0.2) is 12.1 Å². The molecule has 0 bridgehead atoms. The standard InChI is InChI=1S/C18H17NOS/c1-12-7-8-15(9-13(12)2)18-19-17(11-21-18)14-5-4-6-16(10-14)20-3/h4-11H,1-3H3. The molecule has 106 valence electrons. The van der Waals surface area contributed by atoms with Crippen molar-refractivity contribution < 1.29 is 4.74 Å². The highest BCUT2D eigenvalue weighted by atomic mass is 32.1. The molecule has 0 aliphatic rings. The van der Waals surface area contributed by atoms with Crippen molar-refractivity contribution in [3.05, 3.63) is 59.0 Å². The van der Waals surface area contributed by atoms with Crippen LogP contribution in [0.5, 0.6) is 5.75 Å². The van der Waals surface area contributed by atoms with Gasteiger partial charge in [-0.3, -0.25) is 0 Å². The third-order valence-electron chi connectivity index (χ3n) is 3.62. The minimum atomic E-state index is 0.855. The number of hydrogen-bond donors (Lipinski definition) is 0. The summed E-state index contributed by atoms with van der Waals surface area (Å²) in [6.07, 6.45) is 0. The summed E-state index contributed by atoms with van der Waals surface area (Å²) in [6.45, 7) is 4.26. The van der Waals surface area contributed by atoms with E-state index in [4.69, 9.17) is 9.72 Å². The molecule has 2 nitrogen and oxygen atoms in total. The Bertz CT molecular complexity index is 776. The summed E-state index contributed by atoms with van der Waals surface area (Å²) >= 11 is 1.67. The average Bonchev–Trinajstić information content (AvgIpc) is 3.00. The lowest BCUT2D eigenvalue weighted by Gasteiger charge is -2.03. The lowest BCUT2D eigenvalue weighted by molar-refractivity contribution is 0.415. The molecule has 0 unspecified atom stereocenters. The van der Waals surface area contributed by atoms with Crippen molar-refractivity contribution in [1.29, 1.82) is 0 Å². The molecule has 1 heterocycles. The maximum Gasteiger partial charge on any atom is 0.124 e. The predicted octanol–water partition coefficient (Wildman–Crippen LogP) is 5.10. The van der Waals surface area contributed by atoms with Crippen molar-refractivity contribution in [3.8, 4) is 27.6 Å². The monoisotopic (exact) mass is 295 g/mol. The molecule has 21 heavy (non-hydrogen) atoms. The van der Waals surface area contributed by atoms with Crippen molar-refractivity contribution in [3.63, 3.8) is 0 Å². The summed E-state index contributed by atoms with van der Waals surface area (Å²) in [5, 5.41) is 3.15. The lowest BCUT2D eigenvalue weighted by atomic mass is 10.1. The van der Waals surface area contributed by atoms with Crippen molar-refractivity contribution in [1.82, 2.24) is 4.98 Å². The minimum Gasteiger partial charge on any atom is -0.497 e. The van der Waals surface area contributed by atoms with Crippen molar-refractivity contribution in [2.24, 2.45) is 0 Å². The molecule has 0 saturated heterocycles. The Morgan fingerprint density at radius 1 is 0.952 bits per heavy atom. The maximum atomic E-state index is 5.27. The van der Waals surface area contributed by atoms with Gasteiger partial charge >= 0.3 is 0 Å². The molecule has 0 radical (unpaired) electrons. The third kappa shape index (κ3) is 2.83. The highest BCUT2D eigenvalue weighted by Gasteiger charge is 2.08. The Morgan fingerprint density at radius 3 is 2.57 bits per heavy atom. The Hall–Kier alpha value is -2.13. The van der Waals surface area contributed by atoms with Crippen molar-refractivity contribution >= 4 is 11.3 Å². The van der Waals surface area contributed by atoms with Crippen LogP contribution < -0.4 is 4.74 Å². The molecule has 0 N–H and O–H groups in total. The quantitative estimate of drug-likeness (QED) is 0.670. The fraction of sp³-hybridized carbons (Fsp3) is 0.167. The van der Waals surface area contributed by atoms with Gasteiger partial charge in [-0.05, 0) is 43.2 Å². The van der Waals surface area contributed by atoms with Gasteiger partial charge in [0.05, 0.1) is 12.8 Å². The van der Waals surface area contributed by atoms with Crippen LogP contribution in [0.15, 0.2) is 47.8 Å². The summed E-state index contributed by atoms with van der Waals surface area (Å²) in [6, 6.07) is 14.5. The molecule has 3 heteroatoms. The second-order valence-electron chi connectivity index (χ2n) is 5.07. The van der Waals surface area contributed by atoms with E-state index in [0.717, 1.165) is 22.0 Å². The molecule has 0 amide bonds. The van der Waals surface area contributed by atoms with Gasteiger partial charge in [0.1, 0.15) is 10.8 Å². The zero-order chi connectivity index (χ0) is 14.8. The molecular formula is C18H17NOS. The summed E-state index contributed by atoms with van der Waals surface area (Å²) < 4.78 is 5.27. The Morgan fingerprint density at radius 2 is 1.81 bits per heavy atom. The molecule has 3 rings (SSSR count). The number of nitrogens with zero attached hydrogens (tertiary/aromatic N) is 1. The van der Waals surface area contributed by atoms with Gasteiger partial charge in [-0.25, -0.2) is 4.98 Å². The van der Waals surface area contributed by atoms with Crippen LogP contribution in [0.2, 0.25) is 0 Å². The smallest absolute Gasteiger partial charge is 0.124 e. The third-order valence-corrected chi connectivity index (χ3v) is 4.51. The number of methoxy groups -OCH3 is 1. The maximum absolute atomic E-state index is 5.27. The SMILES string of the molecule is COc1cccc(-c2csc(-c3ccc(C)c(C)c3)n2)c1. The van der Waals surface area contributed by atoms with Gasteiger partial charge < -0.3 is 4.74 Å². The van der Waals surface area contributed by atoms with E-state index >= 15 is 0 Å². The molecule has 0 aliphatic heterocycles. The number of thiazole rings is 1. The lowest BCUT2D eigenvalue weighted by Crippen LogP contribution is -1.85. The Labute approximate surface area is 129 Å². The van der Waals surface area contributed by atoms with Crippen LogP contribution in [0, 0.1) is 13.8 Å². The van der Waals surface area contributed by atoms with Gasteiger partial charge in [0.2, 0.25) is 0 Å². The van der Waals surface area contributed by atoms with Gasteiger partial charge in [0, 0.05) is 16.5 Å². The first-order valence-electron chi connectivity index (χ1n) is 6.85. The van der Waals surface area contributed by atoms with E-state index in [1.807, 2.05) is 18.2 Å². The fourth-order valence-corrected chi connectivity index (χ4v) is 3.02. The average molecular weight is 295 g/mol. The molecule has 0 atom stereocenters. The summed E-state index contributed by atoms with van der Waals surface area (Å²) in [7, 11) is 1.68. The molecule has 2 aromatic carbocycles. The molecule has 3 aromatic rings. The van der Waals surface area contributed by atoms with Gasteiger partial charge in [-0.1, -0.05) is 24.3 Å². The molecule has 0 fully saturated rings. The largest absolute Gasteiger partial charge is 0.497 e. The number of benzene rings is 2. The van der Waals surface area contributed by atoms with Crippen molar-refractivity contribution in [2.45, 2.75) is 13.8 Å². The zero-order valence-electron chi connectivity index (χ0n) is 12.4. The Kier molecular flexibility index (Phi) is 3.76. The fourth-order valence-electron chi connectivity index (χ4n) is 2.20. The van der Waals surface area contributed by atoms with Crippen molar-refractivity contribution in [2.75, 3.05) is 7.11 Å². The van der Waals surface area contributed by atoms with E-state index in [1.54, 1.807) is 18.4 Å². The normalized spacial score (nSPS) is 10.6. The molecule has 0 saturated carbocycles. The Balaban J connectivity index is 1.97. The number of aromatic nitrogens is 1. The van der Waals surface area contributed by atoms with Gasteiger partial charge in [-0.15, -0.1) is 11.3 Å². The highest BCUT2D eigenvalue weighted by molar-refractivity contribution is 7.13. The van der Waals surface area contributed by atoms with E-state index in [1.165, 1.54) is 16.7 Å². The molecule has 0 spiro atoms. The first-order valence-corrected chi connectivity index (χ1v) is 7.73. The van der Waals surface area contributed by atoms with Crippen LogP contribution in [0.4, 0.5) is 0 Å². The van der Waals surface area contributed by atoms with Crippen LogP contribution >= 0.6 is 11.3 Å². The molecular weight excluding hydrogens is 278 g/mol. The number of aryl methyl sites for hydroxylation is 2. The van der Waals surface area contributed by atoms with Gasteiger partial charge in [0.25, 0.3) is 0 Å². The zero-order valence-corrected chi connectivity index (χ0v) is 13.2. The first-order chi connectivity index (χ1) is 10.2. The predicted molar refractivity (Wildman–Crippen MR) is 89.0 cm³/mol. The van der Waals surface area contributed by atoms with Gasteiger partial charge in [-0.2, -0.15) is 0 Å². The van der Waals surface area contributed by atoms with E-state index in [2.05, 4.69) is 43.5 Å². The number of rotatable bonds is 3. The number of ether oxygens (including phenoxy) is 1. The summed E-state index contributed by atoms with van der Waals surface area (Å²) in [5.41, 5.74) is 5.86. The van der Waals surface area contributed by atoms with E-state index in [-0.39, 0.29) is 0 Å². The summed E-state index contributed by atoms with van der Waals surface area (Å²) in [5.74, 6) is 0.855. The highest BCUT2D eigenvalue weighted by Crippen LogP contribution is 2.31. The molecule has 1 aromatic heterocycles. The molecule has 0 aliphatic carbocycles. The van der Waals surface area contributed by atoms with Crippen LogP contribution in [-0.2, 0) is 0 Å².